The van der Waals surface area contributed by atoms with E-state index in [-0.39, 0.29) is 18.1 Å². The Labute approximate surface area is 160 Å². The van der Waals surface area contributed by atoms with E-state index in [1.54, 1.807) is 21.1 Å². The third-order valence-corrected chi connectivity index (χ3v) is 5.50. The van der Waals surface area contributed by atoms with Gasteiger partial charge in [0, 0.05) is 12.7 Å². The van der Waals surface area contributed by atoms with Crippen LogP contribution >= 0.6 is 0 Å². The number of carbonyl (C=O) groups excluding carboxylic acids is 2. The lowest BCUT2D eigenvalue weighted by molar-refractivity contribution is -0.145. The molecule has 0 spiro atoms. The molecule has 146 valence electrons. The molecule has 1 aromatic carbocycles. The summed E-state index contributed by atoms with van der Waals surface area (Å²) in [7, 11) is 3.26. The second-order valence-electron chi connectivity index (χ2n) is 7.23. The van der Waals surface area contributed by atoms with E-state index in [9.17, 15) is 9.59 Å². The summed E-state index contributed by atoms with van der Waals surface area (Å²) >= 11 is 0. The molecule has 0 aromatic heterocycles. The number of rotatable bonds is 4. The fourth-order valence-corrected chi connectivity index (χ4v) is 3.72. The molecule has 0 radical (unpaired) electrons. The molecule has 1 aliphatic carbocycles. The molecule has 27 heavy (non-hydrogen) atoms. The molecule has 1 saturated carbocycles. The molecule has 6 nitrogen and oxygen atoms in total. The van der Waals surface area contributed by atoms with Gasteiger partial charge in [0.25, 0.3) is 0 Å². The van der Waals surface area contributed by atoms with Gasteiger partial charge in [-0.25, -0.2) is 9.59 Å². The van der Waals surface area contributed by atoms with Gasteiger partial charge in [0.05, 0.1) is 18.7 Å². The Morgan fingerprint density at radius 2 is 1.74 bits per heavy atom. The first-order valence-electron chi connectivity index (χ1n) is 9.61. The van der Waals surface area contributed by atoms with Crippen molar-refractivity contribution in [3.05, 3.63) is 41.1 Å². The summed E-state index contributed by atoms with van der Waals surface area (Å²) in [5.74, 6) is 0.383. The number of nitrogens with one attached hydrogen (secondary N) is 1. The van der Waals surface area contributed by atoms with Crippen LogP contribution in [0.15, 0.2) is 35.5 Å². The molecule has 1 aromatic rings. The Kier molecular flexibility index (Phi) is 6.04. The topological polar surface area (TPSA) is 67.9 Å². The van der Waals surface area contributed by atoms with Gasteiger partial charge in [0.1, 0.15) is 11.9 Å². The number of amides is 2. The predicted molar refractivity (Wildman–Crippen MR) is 102 cm³/mol. The first-order valence-corrected chi connectivity index (χ1v) is 9.61. The molecule has 1 heterocycles. The molecular weight excluding hydrogens is 344 g/mol. The van der Waals surface area contributed by atoms with Crippen molar-refractivity contribution in [2.75, 3.05) is 14.2 Å². The summed E-state index contributed by atoms with van der Waals surface area (Å²) in [6.45, 7) is 1.79. The number of ether oxygens (including phenoxy) is 2. The van der Waals surface area contributed by atoms with Gasteiger partial charge in [0.15, 0.2) is 0 Å². The van der Waals surface area contributed by atoms with Crippen molar-refractivity contribution in [2.24, 2.45) is 0 Å². The van der Waals surface area contributed by atoms with Gasteiger partial charge in [0.2, 0.25) is 0 Å². The highest BCUT2D eigenvalue weighted by atomic mass is 16.5. The lowest BCUT2D eigenvalue weighted by Crippen LogP contribution is -2.46. The van der Waals surface area contributed by atoms with Gasteiger partial charge in [-0.1, -0.05) is 25.0 Å². The van der Waals surface area contributed by atoms with Crippen molar-refractivity contribution in [1.29, 1.82) is 0 Å². The molecule has 1 N–H and O–H groups in total. The first kappa shape index (κ1) is 19.3. The normalized spacial score (nSPS) is 21.5. The monoisotopic (exact) mass is 372 g/mol. The van der Waals surface area contributed by atoms with Crippen LogP contribution in [0.5, 0.6) is 5.75 Å². The van der Waals surface area contributed by atoms with Crippen LogP contribution in [0, 0.1) is 0 Å². The number of benzene rings is 1. The van der Waals surface area contributed by atoms with E-state index in [0.717, 1.165) is 37.0 Å². The molecule has 0 unspecified atom stereocenters. The number of esters is 1. The lowest BCUT2D eigenvalue weighted by atomic mass is 9.95. The van der Waals surface area contributed by atoms with Crippen LogP contribution in [-0.4, -0.2) is 37.2 Å². The maximum Gasteiger partial charge on any atom is 0.338 e. The van der Waals surface area contributed by atoms with Crippen molar-refractivity contribution < 1.29 is 19.1 Å². The zero-order chi connectivity index (χ0) is 19.4. The number of urea groups is 1. The molecule has 1 fully saturated rings. The predicted octanol–water partition coefficient (Wildman–Crippen LogP) is 3.93. The summed E-state index contributed by atoms with van der Waals surface area (Å²) in [5, 5.41) is 2.92. The van der Waals surface area contributed by atoms with Crippen LogP contribution in [-0.2, 0) is 9.53 Å². The van der Waals surface area contributed by atoms with Crippen LogP contribution in [0.1, 0.15) is 57.1 Å². The SMILES string of the molecule is COc1ccc([C@H]2NC(=O)N(C)C(C)=C2C(=O)OC2CCCCCC2)cc1. The van der Waals surface area contributed by atoms with Gasteiger partial charge in [-0.05, 0) is 50.3 Å². The van der Waals surface area contributed by atoms with Gasteiger partial charge < -0.3 is 19.7 Å². The number of carbonyl (C=O) groups is 2. The standard InChI is InChI=1S/C21H28N2O4/c1-14-18(20(24)27-17-8-6-4-5-7-9-17)19(22-21(25)23(14)2)15-10-12-16(26-3)13-11-15/h10-13,17,19H,4-9H2,1-3H3,(H,22,25)/t19-/m1/s1. The highest BCUT2D eigenvalue weighted by Crippen LogP contribution is 2.32. The van der Waals surface area contributed by atoms with Gasteiger partial charge in [-0.3, -0.25) is 0 Å². The molecule has 0 saturated heterocycles. The zero-order valence-corrected chi connectivity index (χ0v) is 16.3. The van der Waals surface area contributed by atoms with Gasteiger partial charge >= 0.3 is 12.0 Å². The van der Waals surface area contributed by atoms with Crippen molar-refractivity contribution in [3.63, 3.8) is 0 Å². The van der Waals surface area contributed by atoms with Crippen molar-refractivity contribution >= 4 is 12.0 Å². The first-order chi connectivity index (χ1) is 13.0. The van der Waals surface area contributed by atoms with Crippen molar-refractivity contribution in [2.45, 2.75) is 57.6 Å². The van der Waals surface area contributed by atoms with Crippen LogP contribution in [0.25, 0.3) is 0 Å². The molecule has 0 bridgehead atoms. The number of nitrogens with zero attached hydrogens (tertiary/aromatic N) is 1. The van der Waals surface area contributed by atoms with E-state index in [1.165, 1.54) is 17.7 Å². The fraction of sp³-hybridized carbons (Fsp3) is 0.524. The van der Waals surface area contributed by atoms with Gasteiger partial charge in [-0.15, -0.1) is 0 Å². The number of methoxy groups -OCH3 is 1. The average molecular weight is 372 g/mol. The maximum absolute atomic E-state index is 13.1. The summed E-state index contributed by atoms with van der Waals surface area (Å²) in [5.41, 5.74) is 1.94. The van der Waals surface area contributed by atoms with E-state index in [1.807, 2.05) is 24.3 Å². The molecule has 3 rings (SSSR count). The minimum Gasteiger partial charge on any atom is -0.497 e. The minimum absolute atomic E-state index is 0.0419. The summed E-state index contributed by atoms with van der Waals surface area (Å²) in [6, 6.07) is 6.60. The highest BCUT2D eigenvalue weighted by molar-refractivity contribution is 5.95. The number of hydrogen-bond acceptors (Lipinski definition) is 4. The molecule has 6 heteroatoms. The van der Waals surface area contributed by atoms with Crippen LogP contribution in [0.4, 0.5) is 4.79 Å². The Morgan fingerprint density at radius 3 is 2.33 bits per heavy atom. The Morgan fingerprint density at radius 1 is 1.11 bits per heavy atom. The molecule has 1 atom stereocenters. The smallest absolute Gasteiger partial charge is 0.338 e. The van der Waals surface area contributed by atoms with Gasteiger partial charge in [-0.2, -0.15) is 0 Å². The van der Waals surface area contributed by atoms with E-state index in [2.05, 4.69) is 5.32 Å². The summed E-state index contributed by atoms with van der Waals surface area (Å²) in [4.78, 5) is 26.8. The highest BCUT2D eigenvalue weighted by Gasteiger charge is 2.36. The zero-order valence-electron chi connectivity index (χ0n) is 16.3. The molecule has 1 aliphatic heterocycles. The second-order valence-corrected chi connectivity index (χ2v) is 7.23. The van der Waals surface area contributed by atoms with E-state index < -0.39 is 6.04 Å². The third-order valence-electron chi connectivity index (χ3n) is 5.50. The fourth-order valence-electron chi connectivity index (χ4n) is 3.72. The van der Waals surface area contributed by atoms with E-state index >= 15 is 0 Å². The number of allylic oxidation sites excluding steroid dienone is 1. The Balaban J connectivity index is 1.88. The average Bonchev–Trinajstić information content (AvgIpc) is 2.94. The van der Waals surface area contributed by atoms with Crippen LogP contribution in [0.2, 0.25) is 0 Å². The second kappa shape index (κ2) is 8.46. The van der Waals surface area contributed by atoms with Crippen LogP contribution < -0.4 is 10.1 Å². The Bertz CT molecular complexity index is 718. The van der Waals surface area contributed by atoms with Crippen molar-refractivity contribution in [1.82, 2.24) is 10.2 Å². The maximum atomic E-state index is 13.1. The minimum atomic E-state index is -0.530. The van der Waals surface area contributed by atoms with Crippen molar-refractivity contribution in [3.8, 4) is 5.75 Å². The third kappa shape index (κ3) is 4.26. The molecule has 2 aliphatic rings. The Hall–Kier alpha value is -2.50. The number of hydrogen-bond donors (Lipinski definition) is 1. The quantitative estimate of drug-likeness (QED) is 0.642. The summed E-state index contributed by atoms with van der Waals surface area (Å²) in [6.07, 6.45) is 6.36. The molecular formula is C21H28N2O4. The lowest BCUT2D eigenvalue weighted by Gasteiger charge is -2.33. The van der Waals surface area contributed by atoms with Crippen LogP contribution in [0.3, 0.4) is 0 Å². The molecule has 2 amide bonds. The van der Waals surface area contributed by atoms with E-state index in [0.29, 0.717) is 11.3 Å². The largest absolute Gasteiger partial charge is 0.497 e. The van der Waals surface area contributed by atoms with E-state index in [4.69, 9.17) is 9.47 Å². The summed E-state index contributed by atoms with van der Waals surface area (Å²) < 4.78 is 11.1.